The number of rotatable bonds is 3. The van der Waals surface area contributed by atoms with Crippen LogP contribution in [0.2, 0.25) is 0 Å². The summed E-state index contributed by atoms with van der Waals surface area (Å²) >= 11 is 0. The predicted octanol–water partition coefficient (Wildman–Crippen LogP) is 3.21. The summed E-state index contributed by atoms with van der Waals surface area (Å²) in [6, 6.07) is 17.1. The molecule has 0 spiro atoms. The summed E-state index contributed by atoms with van der Waals surface area (Å²) < 4.78 is 28.0. The molecular weight excluding hydrogens is 394 g/mol. The van der Waals surface area contributed by atoms with Gasteiger partial charge in [-0.3, -0.25) is 4.90 Å². The van der Waals surface area contributed by atoms with Crippen LogP contribution in [-0.2, 0) is 10.0 Å². The summed E-state index contributed by atoms with van der Waals surface area (Å²) in [5.74, 6) is 0.573. The first-order chi connectivity index (χ1) is 12.9. The number of sulfonamides is 1. The van der Waals surface area contributed by atoms with E-state index in [2.05, 4.69) is 37.1 Å². The van der Waals surface area contributed by atoms with E-state index in [-0.39, 0.29) is 34.8 Å². The first kappa shape index (κ1) is 20.8. The van der Waals surface area contributed by atoms with Gasteiger partial charge in [0.05, 0.1) is 10.5 Å². The molecule has 0 aromatic heterocycles. The fourth-order valence-corrected chi connectivity index (χ4v) is 6.40. The molecule has 3 atom stereocenters. The lowest BCUT2D eigenvalue weighted by molar-refractivity contribution is 0.260. The first-order valence-electron chi connectivity index (χ1n) is 9.18. The summed E-state index contributed by atoms with van der Waals surface area (Å²) in [6.45, 7) is 4.01. The summed E-state index contributed by atoms with van der Waals surface area (Å²) in [5, 5.41) is 9.30. The minimum atomic E-state index is -3.66. The molecule has 0 unspecified atom stereocenters. The van der Waals surface area contributed by atoms with E-state index in [9.17, 15) is 13.7 Å². The van der Waals surface area contributed by atoms with Gasteiger partial charge in [-0.2, -0.15) is 9.57 Å². The SMILES string of the molecule is Cc1ccccc1[C@H]1[C@@H]2CN(S(=O)(=O)c3ccccc3C#N)C[C@@H]2CN1C.Cl. The third-order valence-electron chi connectivity index (χ3n) is 5.99. The van der Waals surface area contributed by atoms with Crippen molar-refractivity contribution in [1.29, 1.82) is 5.26 Å². The van der Waals surface area contributed by atoms with E-state index in [1.165, 1.54) is 17.2 Å². The Morgan fingerprint density at radius 3 is 2.43 bits per heavy atom. The number of hydrogen-bond acceptors (Lipinski definition) is 4. The number of benzene rings is 2. The van der Waals surface area contributed by atoms with Crippen molar-refractivity contribution in [3.63, 3.8) is 0 Å². The molecule has 2 aromatic carbocycles. The molecule has 2 saturated heterocycles. The quantitative estimate of drug-likeness (QED) is 0.769. The van der Waals surface area contributed by atoms with Gasteiger partial charge in [-0.25, -0.2) is 8.42 Å². The maximum Gasteiger partial charge on any atom is 0.244 e. The lowest BCUT2D eigenvalue weighted by Gasteiger charge is -2.28. The molecule has 2 heterocycles. The number of hydrogen-bond donors (Lipinski definition) is 0. The predicted molar refractivity (Wildman–Crippen MR) is 111 cm³/mol. The fraction of sp³-hybridized carbons (Fsp3) is 0.381. The van der Waals surface area contributed by atoms with Crippen LogP contribution in [0.25, 0.3) is 0 Å². The molecule has 0 radical (unpaired) electrons. The third-order valence-corrected chi connectivity index (χ3v) is 7.88. The van der Waals surface area contributed by atoms with Gasteiger partial charge < -0.3 is 0 Å². The molecule has 5 nitrogen and oxygen atoms in total. The summed E-state index contributed by atoms with van der Waals surface area (Å²) in [7, 11) is -1.54. The van der Waals surface area contributed by atoms with Gasteiger partial charge in [0.1, 0.15) is 6.07 Å². The Morgan fingerprint density at radius 1 is 1.04 bits per heavy atom. The fourth-order valence-electron chi connectivity index (χ4n) is 4.72. The maximum atomic E-state index is 13.2. The summed E-state index contributed by atoms with van der Waals surface area (Å²) in [5.41, 5.74) is 2.73. The number of fused-ring (bicyclic) bond motifs is 1. The summed E-state index contributed by atoms with van der Waals surface area (Å²) in [6.07, 6.45) is 0. The summed E-state index contributed by atoms with van der Waals surface area (Å²) in [4.78, 5) is 2.47. The van der Waals surface area contributed by atoms with Crippen LogP contribution >= 0.6 is 12.4 Å². The van der Waals surface area contributed by atoms with Crippen LogP contribution in [0, 0.1) is 30.1 Å². The largest absolute Gasteiger partial charge is 0.299 e. The van der Waals surface area contributed by atoms with E-state index in [1.54, 1.807) is 22.5 Å². The minimum Gasteiger partial charge on any atom is -0.299 e. The molecule has 0 bridgehead atoms. The topological polar surface area (TPSA) is 64.4 Å². The van der Waals surface area contributed by atoms with Gasteiger partial charge in [-0.05, 0) is 49.1 Å². The Balaban J connectivity index is 0.00000225. The second-order valence-corrected chi connectivity index (χ2v) is 9.50. The third kappa shape index (κ3) is 3.33. The van der Waals surface area contributed by atoms with Crippen LogP contribution in [0.4, 0.5) is 0 Å². The number of halogens is 1. The average molecular weight is 418 g/mol. The smallest absolute Gasteiger partial charge is 0.244 e. The number of likely N-dealkylation sites (tertiary alicyclic amines) is 1. The van der Waals surface area contributed by atoms with Gasteiger partial charge in [0.2, 0.25) is 10.0 Å². The van der Waals surface area contributed by atoms with Crippen molar-refractivity contribution in [2.75, 3.05) is 26.7 Å². The Hall–Kier alpha value is -1.91. The Morgan fingerprint density at radius 2 is 1.71 bits per heavy atom. The molecule has 0 saturated carbocycles. The Bertz CT molecular complexity index is 1020. The number of nitriles is 1. The van der Waals surface area contributed by atoms with E-state index in [1.807, 2.05) is 12.1 Å². The first-order valence-corrected chi connectivity index (χ1v) is 10.6. The molecule has 2 aromatic rings. The van der Waals surface area contributed by atoms with Crippen LogP contribution in [0.3, 0.4) is 0 Å². The second-order valence-electron chi connectivity index (χ2n) is 7.59. The van der Waals surface area contributed by atoms with Gasteiger partial charge in [0, 0.05) is 25.7 Å². The van der Waals surface area contributed by atoms with E-state index in [0.717, 1.165) is 6.54 Å². The van der Waals surface area contributed by atoms with Gasteiger partial charge in [-0.15, -0.1) is 12.4 Å². The van der Waals surface area contributed by atoms with Crippen LogP contribution < -0.4 is 0 Å². The van der Waals surface area contributed by atoms with Gasteiger partial charge in [0.15, 0.2) is 0 Å². The van der Waals surface area contributed by atoms with Crippen molar-refractivity contribution >= 4 is 22.4 Å². The number of aryl methyl sites for hydroxylation is 1. The zero-order valence-corrected chi connectivity index (χ0v) is 17.6. The highest BCUT2D eigenvalue weighted by atomic mass is 35.5. The molecule has 148 valence electrons. The van der Waals surface area contributed by atoms with Crippen molar-refractivity contribution in [3.05, 3.63) is 65.2 Å². The molecule has 0 N–H and O–H groups in total. The zero-order valence-electron chi connectivity index (χ0n) is 15.9. The van der Waals surface area contributed by atoms with Crippen molar-refractivity contribution in [3.8, 4) is 6.07 Å². The van der Waals surface area contributed by atoms with Crippen LogP contribution in [-0.4, -0.2) is 44.3 Å². The second kappa shape index (κ2) is 7.84. The average Bonchev–Trinajstić information content (AvgIpc) is 3.20. The Kier molecular flexibility index (Phi) is 5.83. The standard InChI is InChI=1S/C21H23N3O2S.ClH/c1-15-7-3-5-9-18(15)21-19-14-24(13-17(19)12-23(21)2)27(25,26)20-10-6-4-8-16(20)11-22;/h3-10,17,19,21H,12-14H2,1-2H3;1H/t17-,19+,21-;/m0./s1. The monoisotopic (exact) mass is 417 g/mol. The molecule has 28 heavy (non-hydrogen) atoms. The van der Waals surface area contributed by atoms with Gasteiger partial charge in [0.25, 0.3) is 0 Å². The van der Waals surface area contributed by atoms with E-state index in [4.69, 9.17) is 0 Å². The van der Waals surface area contributed by atoms with Crippen LogP contribution in [0.1, 0.15) is 22.7 Å². The highest BCUT2D eigenvalue weighted by Crippen LogP contribution is 2.46. The molecule has 7 heteroatoms. The minimum absolute atomic E-state index is 0. The maximum absolute atomic E-state index is 13.2. The van der Waals surface area contributed by atoms with Gasteiger partial charge >= 0.3 is 0 Å². The van der Waals surface area contributed by atoms with Crippen LogP contribution in [0.15, 0.2) is 53.4 Å². The van der Waals surface area contributed by atoms with E-state index < -0.39 is 10.0 Å². The van der Waals surface area contributed by atoms with Crippen molar-refractivity contribution in [2.24, 2.45) is 11.8 Å². The molecule has 2 aliphatic heterocycles. The van der Waals surface area contributed by atoms with Crippen molar-refractivity contribution in [2.45, 2.75) is 17.9 Å². The van der Waals surface area contributed by atoms with Crippen LogP contribution in [0.5, 0.6) is 0 Å². The Labute approximate surface area is 173 Å². The molecule has 0 amide bonds. The highest BCUT2D eigenvalue weighted by molar-refractivity contribution is 7.89. The zero-order chi connectivity index (χ0) is 19.2. The van der Waals surface area contributed by atoms with Crippen molar-refractivity contribution < 1.29 is 8.42 Å². The van der Waals surface area contributed by atoms with Crippen molar-refractivity contribution in [1.82, 2.24) is 9.21 Å². The van der Waals surface area contributed by atoms with Gasteiger partial charge in [-0.1, -0.05) is 36.4 Å². The molecule has 2 fully saturated rings. The highest BCUT2D eigenvalue weighted by Gasteiger charge is 2.49. The molecular formula is C21H24ClN3O2S. The van der Waals surface area contributed by atoms with E-state index >= 15 is 0 Å². The lowest BCUT2D eigenvalue weighted by atomic mass is 9.88. The van der Waals surface area contributed by atoms with E-state index in [0.29, 0.717) is 19.0 Å². The molecule has 0 aliphatic carbocycles. The lowest BCUT2D eigenvalue weighted by Crippen LogP contribution is -2.34. The molecule has 4 rings (SSSR count). The number of nitrogens with zero attached hydrogens (tertiary/aromatic N) is 3. The normalized spacial score (nSPS) is 25.1. The molecule has 2 aliphatic rings.